The summed E-state index contributed by atoms with van der Waals surface area (Å²) in [5.41, 5.74) is 3.83. The van der Waals surface area contributed by atoms with Crippen molar-refractivity contribution in [2.24, 2.45) is 7.05 Å². The molecule has 4 aromatic rings. The molecule has 1 aliphatic heterocycles. The number of anilines is 2. The summed E-state index contributed by atoms with van der Waals surface area (Å²) in [7, 11) is 1.57. The maximum Gasteiger partial charge on any atom is 0.280 e. The molecule has 2 heterocycles. The topological polar surface area (TPSA) is 76.5 Å². The van der Waals surface area contributed by atoms with Crippen LogP contribution in [0.1, 0.15) is 10.4 Å². The van der Waals surface area contributed by atoms with Gasteiger partial charge in [0.2, 0.25) is 0 Å². The number of morpholine rings is 1. The highest BCUT2D eigenvalue weighted by Crippen LogP contribution is 2.33. The van der Waals surface area contributed by atoms with E-state index in [1.54, 1.807) is 7.05 Å². The van der Waals surface area contributed by atoms with Crippen molar-refractivity contribution < 1.29 is 9.53 Å². The molecule has 1 amide bonds. The molecule has 0 aliphatic carbocycles. The fourth-order valence-corrected chi connectivity index (χ4v) is 4.37. The van der Waals surface area contributed by atoms with Crippen LogP contribution in [0.3, 0.4) is 0 Å². The Bertz CT molecular complexity index is 1400. The van der Waals surface area contributed by atoms with Crippen molar-refractivity contribution in [1.29, 1.82) is 0 Å². The van der Waals surface area contributed by atoms with Gasteiger partial charge >= 0.3 is 0 Å². The number of carbonyl (C=O) groups is 1. The lowest BCUT2D eigenvalue weighted by molar-refractivity contribution is 0.102. The first-order chi connectivity index (χ1) is 17.1. The van der Waals surface area contributed by atoms with Crippen LogP contribution in [-0.2, 0) is 11.8 Å². The summed E-state index contributed by atoms with van der Waals surface area (Å²) in [4.78, 5) is 29.4. The largest absolute Gasteiger partial charge is 0.378 e. The normalized spacial score (nSPS) is 13.5. The van der Waals surface area contributed by atoms with Gasteiger partial charge in [0.15, 0.2) is 0 Å². The van der Waals surface area contributed by atoms with Gasteiger partial charge in [-0.15, -0.1) is 0 Å². The molecule has 0 atom stereocenters. The number of para-hydroxylation sites is 2. The van der Waals surface area contributed by atoms with Crippen molar-refractivity contribution >= 4 is 17.3 Å². The summed E-state index contributed by atoms with van der Waals surface area (Å²) in [6, 6.07) is 26.7. The maximum absolute atomic E-state index is 13.8. The fourth-order valence-electron chi connectivity index (χ4n) is 4.37. The second-order valence-corrected chi connectivity index (χ2v) is 8.33. The highest BCUT2D eigenvalue weighted by molar-refractivity contribution is 6.11. The highest BCUT2D eigenvalue weighted by Gasteiger charge is 2.25. The van der Waals surface area contributed by atoms with Crippen molar-refractivity contribution in [3.05, 3.63) is 101 Å². The molecule has 0 unspecified atom stereocenters. The van der Waals surface area contributed by atoms with Gasteiger partial charge in [0, 0.05) is 31.3 Å². The fraction of sp³-hybridized carbons (Fsp3) is 0.179. The Morgan fingerprint density at radius 2 is 1.46 bits per heavy atom. The molecule has 5 rings (SSSR count). The van der Waals surface area contributed by atoms with E-state index in [2.05, 4.69) is 15.3 Å². The predicted octanol–water partition coefficient (Wildman–Crippen LogP) is 4.20. The van der Waals surface area contributed by atoms with E-state index in [1.807, 2.05) is 84.9 Å². The molecule has 7 nitrogen and oxygen atoms in total. The van der Waals surface area contributed by atoms with Crippen LogP contribution >= 0.6 is 0 Å². The van der Waals surface area contributed by atoms with Crippen molar-refractivity contribution in [1.82, 2.24) is 9.78 Å². The average molecular weight is 467 g/mol. The van der Waals surface area contributed by atoms with Crippen LogP contribution in [0.15, 0.2) is 89.7 Å². The van der Waals surface area contributed by atoms with E-state index >= 15 is 0 Å². The van der Waals surface area contributed by atoms with Gasteiger partial charge in [-0.05, 0) is 17.7 Å². The van der Waals surface area contributed by atoms with Crippen LogP contribution in [0.4, 0.5) is 11.4 Å². The third kappa shape index (κ3) is 4.58. The molecule has 1 aliphatic rings. The number of aryl methyl sites for hydroxylation is 1. The number of hydrogen-bond acceptors (Lipinski definition) is 5. The lowest BCUT2D eigenvalue weighted by atomic mass is 9.95. The quantitative estimate of drug-likeness (QED) is 0.477. The van der Waals surface area contributed by atoms with Crippen molar-refractivity contribution in [2.45, 2.75) is 0 Å². The molecule has 0 bridgehead atoms. The second kappa shape index (κ2) is 9.95. The summed E-state index contributed by atoms with van der Waals surface area (Å²) in [5, 5.41) is 7.58. The van der Waals surface area contributed by atoms with E-state index in [-0.39, 0.29) is 5.56 Å². The molecular formula is C28H26N4O3. The Hall–Kier alpha value is -4.23. The third-order valence-corrected chi connectivity index (χ3v) is 6.09. The van der Waals surface area contributed by atoms with Gasteiger partial charge in [-0.1, -0.05) is 72.8 Å². The standard InChI is InChI=1S/C28H26N4O3/c1-31-28(34)25(27(33)29-22-14-8-9-15-23(22)32-16-18-35-19-17-32)24(20-10-4-2-5-11-20)26(30-31)21-12-6-3-7-13-21/h2-15H,16-19H2,1H3,(H,29,33). The molecule has 1 N–H and O–H groups in total. The van der Waals surface area contributed by atoms with E-state index in [9.17, 15) is 9.59 Å². The molecule has 0 saturated carbocycles. The Morgan fingerprint density at radius 1 is 0.857 bits per heavy atom. The molecule has 1 saturated heterocycles. The smallest absolute Gasteiger partial charge is 0.280 e. The monoisotopic (exact) mass is 466 g/mol. The minimum Gasteiger partial charge on any atom is -0.378 e. The van der Waals surface area contributed by atoms with Crippen LogP contribution in [0, 0.1) is 0 Å². The zero-order valence-corrected chi connectivity index (χ0v) is 19.5. The number of rotatable bonds is 5. The maximum atomic E-state index is 13.8. The number of ether oxygens (including phenoxy) is 1. The molecule has 7 heteroatoms. The zero-order chi connectivity index (χ0) is 24.2. The number of hydrogen-bond donors (Lipinski definition) is 1. The van der Waals surface area contributed by atoms with Gasteiger partial charge in [0.05, 0.1) is 30.3 Å². The summed E-state index contributed by atoms with van der Waals surface area (Å²) in [6.07, 6.45) is 0. The number of nitrogens with zero attached hydrogens (tertiary/aromatic N) is 3. The van der Waals surface area contributed by atoms with Crippen LogP contribution in [0.5, 0.6) is 0 Å². The van der Waals surface area contributed by atoms with Crippen LogP contribution in [-0.4, -0.2) is 42.0 Å². The van der Waals surface area contributed by atoms with Gasteiger partial charge < -0.3 is 15.0 Å². The Labute approximate surface area is 203 Å². The minimum atomic E-state index is -0.468. The minimum absolute atomic E-state index is 0.0596. The van der Waals surface area contributed by atoms with E-state index in [0.29, 0.717) is 30.2 Å². The van der Waals surface area contributed by atoms with E-state index in [1.165, 1.54) is 4.68 Å². The first-order valence-corrected chi connectivity index (χ1v) is 11.6. The third-order valence-electron chi connectivity index (χ3n) is 6.09. The predicted molar refractivity (Wildman–Crippen MR) is 138 cm³/mol. The van der Waals surface area contributed by atoms with E-state index in [4.69, 9.17) is 4.74 Å². The van der Waals surface area contributed by atoms with Crippen LogP contribution in [0.25, 0.3) is 22.4 Å². The van der Waals surface area contributed by atoms with E-state index in [0.717, 1.165) is 29.9 Å². The lowest BCUT2D eigenvalue weighted by Gasteiger charge is -2.30. The van der Waals surface area contributed by atoms with Gasteiger partial charge in [0.25, 0.3) is 11.5 Å². The molecule has 35 heavy (non-hydrogen) atoms. The Kier molecular flexibility index (Phi) is 6.41. The van der Waals surface area contributed by atoms with Gasteiger partial charge in [-0.25, -0.2) is 4.68 Å². The lowest BCUT2D eigenvalue weighted by Crippen LogP contribution is -2.37. The summed E-state index contributed by atoms with van der Waals surface area (Å²) >= 11 is 0. The van der Waals surface area contributed by atoms with Crippen molar-refractivity contribution in [3.8, 4) is 22.4 Å². The number of amides is 1. The van der Waals surface area contributed by atoms with Gasteiger partial charge in [0.1, 0.15) is 5.56 Å². The SMILES string of the molecule is Cn1nc(-c2ccccc2)c(-c2ccccc2)c(C(=O)Nc2ccccc2N2CCOCC2)c1=O. The first kappa shape index (κ1) is 22.6. The van der Waals surface area contributed by atoms with Gasteiger partial charge in [-0.3, -0.25) is 9.59 Å². The molecular weight excluding hydrogens is 440 g/mol. The van der Waals surface area contributed by atoms with Gasteiger partial charge in [-0.2, -0.15) is 5.10 Å². The molecule has 0 radical (unpaired) electrons. The highest BCUT2D eigenvalue weighted by atomic mass is 16.5. The Morgan fingerprint density at radius 3 is 2.14 bits per heavy atom. The molecule has 176 valence electrons. The number of carbonyl (C=O) groups excluding carboxylic acids is 1. The van der Waals surface area contributed by atoms with Crippen LogP contribution < -0.4 is 15.8 Å². The Balaban J connectivity index is 1.65. The number of benzene rings is 3. The number of aromatic nitrogens is 2. The molecule has 3 aromatic carbocycles. The number of nitrogens with one attached hydrogen (secondary N) is 1. The van der Waals surface area contributed by atoms with Crippen molar-refractivity contribution in [2.75, 3.05) is 36.5 Å². The van der Waals surface area contributed by atoms with Crippen molar-refractivity contribution in [3.63, 3.8) is 0 Å². The first-order valence-electron chi connectivity index (χ1n) is 11.6. The molecule has 1 aromatic heterocycles. The summed E-state index contributed by atoms with van der Waals surface area (Å²) < 4.78 is 6.71. The zero-order valence-electron chi connectivity index (χ0n) is 19.5. The second-order valence-electron chi connectivity index (χ2n) is 8.33. The summed E-state index contributed by atoms with van der Waals surface area (Å²) in [5.74, 6) is -0.468. The summed E-state index contributed by atoms with van der Waals surface area (Å²) in [6.45, 7) is 2.73. The molecule has 0 spiro atoms. The average Bonchev–Trinajstić information content (AvgIpc) is 2.91. The van der Waals surface area contributed by atoms with Crippen LogP contribution in [0.2, 0.25) is 0 Å². The van der Waals surface area contributed by atoms with E-state index < -0.39 is 11.5 Å². The molecule has 1 fully saturated rings.